The van der Waals surface area contributed by atoms with Crippen molar-refractivity contribution in [3.8, 4) is 11.9 Å². The number of benzene rings is 1. The van der Waals surface area contributed by atoms with Crippen LogP contribution in [0.5, 0.6) is 0 Å². The maximum atomic E-state index is 9.01. The molecule has 0 amide bonds. The molecule has 0 unspecified atom stereocenters. The maximum Gasteiger partial charge on any atom is 0.141 e. The predicted octanol–water partition coefficient (Wildman–Crippen LogP) is 3.25. The molecular formula is C14H9ClN4. The number of halogens is 1. The first-order valence-corrected chi connectivity index (χ1v) is 6.09. The van der Waals surface area contributed by atoms with Crippen LogP contribution < -0.4 is 0 Å². The molecular weight excluding hydrogens is 260 g/mol. The van der Waals surface area contributed by atoms with Crippen molar-refractivity contribution in [3.05, 3.63) is 52.9 Å². The minimum Gasteiger partial charge on any atom is -0.280 e. The van der Waals surface area contributed by atoms with Crippen molar-refractivity contribution in [2.24, 2.45) is 0 Å². The van der Waals surface area contributed by atoms with Crippen LogP contribution >= 0.6 is 11.6 Å². The van der Waals surface area contributed by atoms with Crippen LogP contribution in [0.4, 0.5) is 0 Å². The highest BCUT2D eigenvalue weighted by Gasteiger charge is 2.11. The van der Waals surface area contributed by atoms with E-state index in [1.165, 1.54) is 0 Å². The minimum absolute atomic E-state index is 0.297. The third-order valence-corrected chi connectivity index (χ3v) is 3.06. The Morgan fingerprint density at radius 3 is 2.79 bits per heavy atom. The van der Waals surface area contributed by atoms with Crippen molar-refractivity contribution in [1.82, 2.24) is 14.5 Å². The van der Waals surface area contributed by atoms with Gasteiger partial charge in [0.1, 0.15) is 16.8 Å². The van der Waals surface area contributed by atoms with E-state index in [9.17, 15) is 0 Å². The van der Waals surface area contributed by atoms with Gasteiger partial charge in [0.2, 0.25) is 0 Å². The average Bonchev–Trinajstić information content (AvgIpc) is 2.73. The van der Waals surface area contributed by atoms with Crippen molar-refractivity contribution in [2.45, 2.75) is 6.92 Å². The smallest absolute Gasteiger partial charge is 0.141 e. The van der Waals surface area contributed by atoms with Gasteiger partial charge in [0.05, 0.1) is 22.7 Å². The molecule has 0 N–H and O–H groups in total. The highest BCUT2D eigenvalue weighted by molar-refractivity contribution is 6.29. The molecule has 3 aromatic rings. The Balaban J connectivity index is 2.33. The van der Waals surface area contributed by atoms with Gasteiger partial charge in [-0.1, -0.05) is 23.7 Å². The van der Waals surface area contributed by atoms with E-state index < -0.39 is 0 Å². The second-order valence-corrected chi connectivity index (χ2v) is 4.52. The average molecular weight is 269 g/mol. The van der Waals surface area contributed by atoms with Gasteiger partial charge in [0, 0.05) is 0 Å². The zero-order valence-electron chi connectivity index (χ0n) is 10.1. The lowest BCUT2D eigenvalue weighted by molar-refractivity contribution is 0.956. The lowest BCUT2D eigenvalue weighted by atomic mass is 10.2. The summed E-state index contributed by atoms with van der Waals surface area (Å²) in [5.41, 5.74) is 2.31. The number of pyridine rings is 1. The van der Waals surface area contributed by atoms with Crippen LogP contribution in [-0.2, 0) is 0 Å². The molecule has 92 valence electrons. The second-order valence-electron chi connectivity index (χ2n) is 4.13. The number of para-hydroxylation sites is 2. The first-order chi connectivity index (χ1) is 9.19. The van der Waals surface area contributed by atoms with Crippen molar-refractivity contribution in [2.75, 3.05) is 0 Å². The largest absolute Gasteiger partial charge is 0.280 e. The summed E-state index contributed by atoms with van der Waals surface area (Å²) in [7, 11) is 0. The molecule has 0 bridgehead atoms. The van der Waals surface area contributed by atoms with Crippen LogP contribution in [0.1, 0.15) is 11.4 Å². The fourth-order valence-electron chi connectivity index (χ4n) is 2.10. The van der Waals surface area contributed by atoms with Gasteiger partial charge in [-0.3, -0.25) is 4.57 Å². The second kappa shape index (κ2) is 4.38. The molecule has 1 aromatic carbocycles. The summed E-state index contributed by atoms with van der Waals surface area (Å²) in [5.74, 6) is 1.41. The monoisotopic (exact) mass is 268 g/mol. The maximum absolute atomic E-state index is 9.01. The Morgan fingerprint density at radius 1 is 1.21 bits per heavy atom. The van der Waals surface area contributed by atoms with Crippen LogP contribution in [0.3, 0.4) is 0 Å². The van der Waals surface area contributed by atoms with Gasteiger partial charge in [-0.25, -0.2) is 9.97 Å². The Bertz CT molecular complexity index is 814. The topological polar surface area (TPSA) is 54.5 Å². The van der Waals surface area contributed by atoms with Crippen LogP contribution in [-0.4, -0.2) is 14.5 Å². The van der Waals surface area contributed by atoms with Gasteiger partial charge in [-0.05, 0) is 31.2 Å². The molecule has 5 heteroatoms. The first-order valence-electron chi connectivity index (χ1n) is 5.71. The number of aromatic nitrogens is 3. The summed E-state index contributed by atoms with van der Waals surface area (Å²) in [5, 5.41) is 9.30. The molecule has 3 rings (SSSR count). The summed E-state index contributed by atoms with van der Waals surface area (Å²) in [6.07, 6.45) is 0. The van der Waals surface area contributed by atoms with Gasteiger partial charge in [-0.2, -0.15) is 5.26 Å². The van der Waals surface area contributed by atoms with E-state index in [0.717, 1.165) is 16.9 Å². The Hall–Kier alpha value is -2.38. The number of aryl methyl sites for hydroxylation is 1. The molecule has 0 spiro atoms. The number of imidazole rings is 1. The van der Waals surface area contributed by atoms with Gasteiger partial charge in [0.25, 0.3) is 0 Å². The van der Waals surface area contributed by atoms with Gasteiger partial charge in [-0.15, -0.1) is 0 Å². The van der Waals surface area contributed by atoms with E-state index in [-0.39, 0.29) is 0 Å². The number of rotatable bonds is 1. The van der Waals surface area contributed by atoms with Crippen molar-refractivity contribution in [1.29, 1.82) is 5.26 Å². The molecule has 0 saturated heterocycles. The number of fused-ring (bicyclic) bond motifs is 1. The third-order valence-electron chi connectivity index (χ3n) is 2.87. The molecule has 2 heterocycles. The van der Waals surface area contributed by atoms with E-state index in [1.54, 1.807) is 12.1 Å². The molecule has 19 heavy (non-hydrogen) atoms. The number of hydrogen-bond acceptors (Lipinski definition) is 3. The molecule has 0 radical (unpaired) electrons. The molecule has 0 atom stereocenters. The highest BCUT2D eigenvalue weighted by Crippen LogP contribution is 2.21. The molecule has 0 aliphatic rings. The third kappa shape index (κ3) is 1.94. The molecule has 2 aromatic heterocycles. The van der Waals surface area contributed by atoms with Gasteiger partial charge in [0.15, 0.2) is 0 Å². The highest BCUT2D eigenvalue weighted by atomic mass is 35.5. The lowest BCUT2D eigenvalue weighted by Crippen LogP contribution is -2.00. The van der Waals surface area contributed by atoms with E-state index in [0.29, 0.717) is 16.5 Å². The van der Waals surface area contributed by atoms with E-state index in [4.69, 9.17) is 16.9 Å². The SMILES string of the molecule is Cc1nc2ccccc2n1-c1cc(C#N)cc(Cl)n1. The minimum atomic E-state index is 0.297. The zero-order valence-corrected chi connectivity index (χ0v) is 10.9. The Labute approximate surface area is 114 Å². The fourth-order valence-corrected chi connectivity index (χ4v) is 2.30. The van der Waals surface area contributed by atoms with Crippen LogP contribution in [0.2, 0.25) is 5.15 Å². The summed E-state index contributed by atoms with van der Waals surface area (Å²) < 4.78 is 1.89. The van der Waals surface area contributed by atoms with Crippen LogP contribution in [0.25, 0.3) is 16.9 Å². The predicted molar refractivity (Wildman–Crippen MR) is 73.3 cm³/mol. The molecule has 0 aliphatic heterocycles. The summed E-state index contributed by atoms with van der Waals surface area (Å²) in [6.45, 7) is 1.90. The Morgan fingerprint density at radius 2 is 2.00 bits per heavy atom. The Kier molecular flexibility index (Phi) is 2.69. The van der Waals surface area contributed by atoms with Crippen molar-refractivity contribution in [3.63, 3.8) is 0 Å². The van der Waals surface area contributed by atoms with Gasteiger partial charge >= 0.3 is 0 Å². The molecule has 4 nitrogen and oxygen atoms in total. The normalized spacial score (nSPS) is 10.6. The van der Waals surface area contributed by atoms with E-state index >= 15 is 0 Å². The van der Waals surface area contributed by atoms with Gasteiger partial charge < -0.3 is 0 Å². The van der Waals surface area contributed by atoms with Crippen molar-refractivity contribution >= 4 is 22.6 Å². The summed E-state index contributed by atoms with van der Waals surface area (Å²) in [4.78, 5) is 8.74. The van der Waals surface area contributed by atoms with E-state index in [1.807, 2.05) is 35.8 Å². The standard InChI is InChI=1S/C14H9ClN4/c1-9-17-11-4-2-3-5-12(11)19(9)14-7-10(8-16)6-13(15)18-14/h2-7H,1H3. The summed E-state index contributed by atoms with van der Waals surface area (Å²) >= 11 is 5.95. The quantitative estimate of drug-likeness (QED) is 0.637. The van der Waals surface area contributed by atoms with E-state index in [2.05, 4.69) is 16.0 Å². The first kappa shape index (κ1) is 11.7. The lowest BCUT2D eigenvalue weighted by Gasteiger charge is -2.06. The molecule has 0 fully saturated rings. The summed E-state index contributed by atoms with van der Waals surface area (Å²) in [6, 6.07) is 13.1. The number of nitrogens with zero attached hydrogens (tertiary/aromatic N) is 4. The number of nitriles is 1. The van der Waals surface area contributed by atoms with Crippen LogP contribution in [0, 0.1) is 18.3 Å². The number of hydrogen-bond donors (Lipinski definition) is 0. The van der Waals surface area contributed by atoms with Crippen LogP contribution in [0.15, 0.2) is 36.4 Å². The molecule has 0 saturated carbocycles. The van der Waals surface area contributed by atoms with Crippen molar-refractivity contribution < 1.29 is 0 Å². The fraction of sp³-hybridized carbons (Fsp3) is 0.0714. The molecule has 0 aliphatic carbocycles. The zero-order chi connectivity index (χ0) is 13.4.